The van der Waals surface area contributed by atoms with Crippen LogP contribution in [0.3, 0.4) is 0 Å². The van der Waals surface area contributed by atoms with E-state index in [1.165, 1.54) is 0 Å². The van der Waals surface area contributed by atoms with E-state index in [4.69, 9.17) is 25.5 Å². The van der Waals surface area contributed by atoms with Crippen LogP contribution in [0.1, 0.15) is 12.3 Å². The molecule has 0 saturated heterocycles. The highest BCUT2D eigenvalue weighted by atomic mass is 35.5. The molecule has 0 unspecified atom stereocenters. The first-order chi connectivity index (χ1) is 13.1. The van der Waals surface area contributed by atoms with Gasteiger partial charge in [-0.15, -0.1) is 0 Å². The minimum atomic E-state index is -0.153. The molecular formula is C20H19ClN2O4. The van der Waals surface area contributed by atoms with Crippen LogP contribution in [0.15, 0.2) is 53.1 Å². The lowest BCUT2D eigenvalue weighted by atomic mass is 10.2. The number of rotatable bonds is 7. The molecule has 3 aromatic rings. The highest BCUT2D eigenvalue weighted by Crippen LogP contribution is 2.30. The molecule has 7 heteroatoms. The number of amides is 1. The van der Waals surface area contributed by atoms with E-state index in [1.54, 1.807) is 44.7 Å². The van der Waals surface area contributed by atoms with E-state index < -0.39 is 0 Å². The molecule has 1 amide bonds. The minimum absolute atomic E-state index is 0.153. The Kier molecular flexibility index (Phi) is 5.98. The molecule has 0 aliphatic rings. The average molecular weight is 387 g/mol. The Morgan fingerprint density at radius 2 is 1.93 bits per heavy atom. The molecule has 1 N–H and O–H groups in total. The summed E-state index contributed by atoms with van der Waals surface area (Å²) in [6.45, 7) is 0. The van der Waals surface area contributed by atoms with Crippen molar-refractivity contribution in [1.82, 2.24) is 4.98 Å². The van der Waals surface area contributed by atoms with Gasteiger partial charge < -0.3 is 19.2 Å². The number of hydrogen-bond donors (Lipinski definition) is 1. The summed E-state index contributed by atoms with van der Waals surface area (Å²) < 4.78 is 16.1. The molecule has 2 aromatic carbocycles. The molecule has 0 aliphatic heterocycles. The van der Waals surface area contributed by atoms with E-state index in [0.717, 1.165) is 5.56 Å². The van der Waals surface area contributed by atoms with Gasteiger partial charge >= 0.3 is 0 Å². The third kappa shape index (κ3) is 4.60. The number of carbonyl (C=O) groups is 1. The maximum Gasteiger partial charge on any atom is 0.224 e. The maximum atomic E-state index is 12.2. The van der Waals surface area contributed by atoms with Crippen molar-refractivity contribution in [2.45, 2.75) is 12.8 Å². The van der Waals surface area contributed by atoms with E-state index in [9.17, 15) is 4.79 Å². The van der Waals surface area contributed by atoms with Gasteiger partial charge in [-0.3, -0.25) is 4.79 Å². The quantitative estimate of drug-likeness (QED) is 0.643. The zero-order valence-electron chi connectivity index (χ0n) is 15.0. The van der Waals surface area contributed by atoms with Crippen molar-refractivity contribution in [3.8, 4) is 22.8 Å². The number of ether oxygens (including phenoxy) is 2. The van der Waals surface area contributed by atoms with E-state index in [1.807, 2.05) is 18.2 Å². The van der Waals surface area contributed by atoms with E-state index in [0.29, 0.717) is 40.3 Å². The number of nitrogens with one attached hydrogen (secondary N) is 1. The molecule has 27 heavy (non-hydrogen) atoms. The Morgan fingerprint density at radius 1 is 1.15 bits per heavy atom. The van der Waals surface area contributed by atoms with E-state index >= 15 is 0 Å². The summed E-state index contributed by atoms with van der Waals surface area (Å²) in [5.41, 5.74) is 1.40. The Labute approximate surface area is 162 Å². The van der Waals surface area contributed by atoms with Crippen molar-refractivity contribution < 1.29 is 18.7 Å². The van der Waals surface area contributed by atoms with Gasteiger partial charge in [-0.1, -0.05) is 23.7 Å². The van der Waals surface area contributed by atoms with Crippen LogP contribution in [0.2, 0.25) is 5.02 Å². The third-order valence-corrected chi connectivity index (χ3v) is 4.26. The number of carbonyl (C=O) groups excluding carboxylic acids is 1. The number of anilines is 1. The first kappa shape index (κ1) is 18.8. The molecule has 0 bridgehead atoms. The van der Waals surface area contributed by atoms with Crippen LogP contribution >= 0.6 is 11.6 Å². The largest absolute Gasteiger partial charge is 0.493 e. The van der Waals surface area contributed by atoms with Gasteiger partial charge in [0.2, 0.25) is 5.91 Å². The van der Waals surface area contributed by atoms with Gasteiger partial charge in [-0.2, -0.15) is 0 Å². The highest BCUT2D eigenvalue weighted by molar-refractivity contribution is 6.33. The first-order valence-electron chi connectivity index (χ1n) is 8.32. The standard InChI is InChI=1S/C20H19ClN2O4/c1-25-16-8-7-13(11-17(16)26-2)23-19(24)9-10-20-22-12-18(27-20)14-5-3-4-6-15(14)21/h3-8,11-12H,9-10H2,1-2H3,(H,23,24). The van der Waals surface area contributed by atoms with Crippen LogP contribution in [-0.2, 0) is 11.2 Å². The molecular weight excluding hydrogens is 368 g/mol. The third-order valence-electron chi connectivity index (χ3n) is 3.93. The van der Waals surface area contributed by atoms with E-state index in [2.05, 4.69) is 10.3 Å². The van der Waals surface area contributed by atoms with Crippen molar-refractivity contribution in [2.75, 3.05) is 19.5 Å². The van der Waals surface area contributed by atoms with Crippen LogP contribution in [0, 0.1) is 0 Å². The van der Waals surface area contributed by atoms with Gasteiger partial charge in [0.25, 0.3) is 0 Å². The second kappa shape index (κ2) is 8.60. The molecule has 6 nitrogen and oxygen atoms in total. The number of benzene rings is 2. The van der Waals surface area contributed by atoms with Crippen LogP contribution in [0.5, 0.6) is 11.5 Å². The van der Waals surface area contributed by atoms with Crippen molar-refractivity contribution in [3.63, 3.8) is 0 Å². The summed E-state index contributed by atoms with van der Waals surface area (Å²) in [6.07, 6.45) is 2.23. The van der Waals surface area contributed by atoms with Crippen molar-refractivity contribution in [2.24, 2.45) is 0 Å². The number of halogens is 1. The topological polar surface area (TPSA) is 73.6 Å². The van der Waals surface area contributed by atoms with Crippen LogP contribution in [0.25, 0.3) is 11.3 Å². The minimum Gasteiger partial charge on any atom is -0.493 e. The predicted octanol–water partition coefficient (Wildman–Crippen LogP) is 4.58. The van der Waals surface area contributed by atoms with Gasteiger partial charge in [-0.05, 0) is 24.3 Å². The van der Waals surface area contributed by atoms with Crippen molar-refractivity contribution in [1.29, 1.82) is 0 Å². The van der Waals surface area contributed by atoms with Crippen molar-refractivity contribution >= 4 is 23.2 Å². The molecule has 0 aliphatic carbocycles. The normalized spacial score (nSPS) is 10.5. The predicted molar refractivity (Wildman–Crippen MR) is 103 cm³/mol. The number of oxazole rings is 1. The monoisotopic (exact) mass is 386 g/mol. The highest BCUT2D eigenvalue weighted by Gasteiger charge is 2.12. The molecule has 0 atom stereocenters. The van der Waals surface area contributed by atoms with Crippen LogP contribution in [0.4, 0.5) is 5.69 Å². The molecule has 0 saturated carbocycles. The fraction of sp³-hybridized carbons (Fsp3) is 0.200. The lowest BCUT2D eigenvalue weighted by Gasteiger charge is -2.10. The summed E-state index contributed by atoms with van der Waals surface area (Å²) >= 11 is 6.16. The summed E-state index contributed by atoms with van der Waals surface area (Å²) in [6, 6.07) is 12.6. The van der Waals surface area contributed by atoms with Gasteiger partial charge in [-0.25, -0.2) is 4.98 Å². The Bertz CT molecular complexity index is 939. The second-order valence-corrected chi connectivity index (χ2v) is 6.12. The van der Waals surface area contributed by atoms with Crippen molar-refractivity contribution in [3.05, 3.63) is 59.6 Å². The first-order valence-corrected chi connectivity index (χ1v) is 8.70. The number of nitrogens with zero attached hydrogens (tertiary/aromatic N) is 1. The summed E-state index contributed by atoms with van der Waals surface area (Å²) in [7, 11) is 3.10. The number of aryl methyl sites for hydroxylation is 1. The summed E-state index contributed by atoms with van der Waals surface area (Å²) in [4.78, 5) is 16.4. The second-order valence-electron chi connectivity index (χ2n) is 5.72. The van der Waals surface area contributed by atoms with E-state index in [-0.39, 0.29) is 12.3 Å². The number of hydrogen-bond acceptors (Lipinski definition) is 5. The Hall–Kier alpha value is -2.99. The number of aromatic nitrogens is 1. The number of methoxy groups -OCH3 is 2. The lowest BCUT2D eigenvalue weighted by molar-refractivity contribution is -0.116. The molecule has 140 valence electrons. The van der Waals surface area contributed by atoms with Gasteiger partial charge in [0.05, 0.1) is 25.4 Å². The molecule has 0 radical (unpaired) electrons. The molecule has 1 aromatic heterocycles. The zero-order chi connectivity index (χ0) is 19.2. The average Bonchev–Trinajstić information content (AvgIpc) is 3.15. The fourth-order valence-corrected chi connectivity index (χ4v) is 2.80. The summed E-state index contributed by atoms with van der Waals surface area (Å²) in [5.74, 6) is 2.05. The van der Waals surface area contributed by atoms with Gasteiger partial charge in [0, 0.05) is 30.2 Å². The van der Waals surface area contributed by atoms with Crippen LogP contribution in [-0.4, -0.2) is 25.1 Å². The molecule has 3 rings (SSSR count). The Morgan fingerprint density at radius 3 is 2.67 bits per heavy atom. The lowest BCUT2D eigenvalue weighted by Crippen LogP contribution is -2.12. The molecule has 1 heterocycles. The molecule has 0 fully saturated rings. The summed E-state index contributed by atoms with van der Waals surface area (Å²) in [5, 5.41) is 3.41. The van der Waals surface area contributed by atoms with Gasteiger partial charge in [0.15, 0.2) is 23.1 Å². The maximum absolute atomic E-state index is 12.2. The fourth-order valence-electron chi connectivity index (χ4n) is 2.57. The van der Waals surface area contributed by atoms with Gasteiger partial charge in [0.1, 0.15) is 0 Å². The Balaban J connectivity index is 1.59. The van der Waals surface area contributed by atoms with Crippen LogP contribution < -0.4 is 14.8 Å². The molecule has 0 spiro atoms. The zero-order valence-corrected chi connectivity index (χ0v) is 15.7. The SMILES string of the molecule is COc1ccc(NC(=O)CCc2ncc(-c3ccccc3Cl)o2)cc1OC. The smallest absolute Gasteiger partial charge is 0.224 e.